The highest BCUT2D eigenvalue weighted by atomic mass is 32.2. The summed E-state index contributed by atoms with van der Waals surface area (Å²) in [5.74, 6) is 1.20. The number of furan rings is 1. The first-order chi connectivity index (χ1) is 12.8. The molecule has 0 saturated heterocycles. The van der Waals surface area contributed by atoms with Crippen molar-refractivity contribution in [2.45, 2.75) is 31.2 Å². The zero-order chi connectivity index (χ0) is 19.7. The monoisotopic (exact) mass is 388 g/mol. The lowest BCUT2D eigenvalue weighted by atomic mass is 10.1. The topological polar surface area (TPSA) is 109 Å². The predicted octanol–water partition coefficient (Wildman–Crippen LogP) is 2.93. The van der Waals surface area contributed by atoms with Gasteiger partial charge >= 0.3 is 0 Å². The van der Waals surface area contributed by atoms with Crippen molar-refractivity contribution in [3.63, 3.8) is 0 Å². The molecule has 7 nitrogen and oxygen atoms in total. The molecular formula is C19H20N2O5S. The van der Waals surface area contributed by atoms with Crippen LogP contribution in [-0.4, -0.2) is 15.6 Å². The first kappa shape index (κ1) is 18.9. The van der Waals surface area contributed by atoms with Crippen LogP contribution < -0.4 is 21.5 Å². The van der Waals surface area contributed by atoms with E-state index < -0.39 is 21.7 Å². The summed E-state index contributed by atoms with van der Waals surface area (Å²) in [7, 11) is -1.39. The molecule has 8 heteroatoms. The molecule has 3 N–H and O–H groups in total. The fraction of sp³-hybridized carbons (Fsp3) is 0.263. The summed E-state index contributed by atoms with van der Waals surface area (Å²) in [5.41, 5.74) is -0.890. The third-order valence-electron chi connectivity index (χ3n) is 4.31. The quantitative estimate of drug-likeness (QED) is 0.422. The Labute approximate surface area is 158 Å². The zero-order valence-corrected chi connectivity index (χ0v) is 16.0. The van der Waals surface area contributed by atoms with Gasteiger partial charge in [0.1, 0.15) is 22.9 Å². The maximum absolute atomic E-state index is 12.1. The predicted molar refractivity (Wildman–Crippen MR) is 105 cm³/mol. The van der Waals surface area contributed by atoms with Gasteiger partial charge < -0.3 is 20.2 Å². The van der Waals surface area contributed by atoms with Crippen molar-refractivity contribution in [1.29, 1.82) is 0 Å². The Hall–Kier alpha value is -2.87. The Kier molecular flexibility index (Phi) is 5.18. The largest absolute Gasteiger partial charge is 0.505 e. The van der Waals surface area contributed by atoms with Gasteiger partial charge in [0.05, 0.1) is 27.4 Å². The van der Waals surface area contributed by atoms with E-state index in [-0.39, 0.29) is 33.7 Å². The molecule has 0 aliphatic rings. The molecule has 3 aromatic rings. The van der Waals surface area contributed by atoms with E-state index in [4.69, 9.17) is 4.42 Å². The van der Waals surface area contributed by atoms with Gasteiger partial charge in [-0.2, -0.15) is 0 Å². The first-order valence-corrected chi connectivity index (χ1v) is 9.97. The molecule has 0 radical (unpaired) electrons. The van der Waals surface area contributed by atoms with Crippen molar-refractivity contribution in [3.05, 3.63) is 62.3 Å². The van der Waals surface area contributed by atoms with E-state index in [9.17, 15) is 18.9 Å². The molecule has 2 aromatic carbocycles. The average Bonchev–Trinajstić information content (AvgIpc) is 3.07. The molecule has 3 rings (SSSR count). The van der Waals surface area contributed by atoms with E-state index in [1.165, 1.54) is 12.3 Å². The second kappa shape index (κ2) is 7.40. The van der Waals surface area contributed by atoms with E-state index in [0.717, 1.165) is 5.76 Å². The SMILES string of the molecule is CC[C@@H](Nc1c(Nc2cccc(S(C)=O)c2O)c(=O)c1=O)c1ccc(C)o1. The summed E-state index contributed by atoms with van der Waals surface area (Å²) in [6, 6.07) is 8.06. The average molecular weight is 388 g/mol. The third kappa shape index (κ3) is 3.52. The Balaban J connectivity index is 1.90. The molecule has 0 bridgehead atoms. The summed E-state index contributed by atoms with van der Waals surface area (Å²) in [6.45, 7) is 3.76. The Bertz CT molecular complexity index is 1080. The van der Waals surface area contributed by atoms with Crippen LogP contribution in [0, 0.1) is 6.92 Å². The lowest BCUT2D eigenvalue weighted by Crippen LogP contribution is -2.37. The number of rotatable bonds is 7. The van der Waals surface area contributed by atoms with Crippen molar-refractivity contribution in [2.24, 2.45) is 0 Å². The van der Waals surface area contributed by atoms with E-state index in [1.807, 2.05) is 26.0 Å². The fourth-order valence-corrected chi connectivity index (χ4v) is 3.48. The number of phenols is 1. The molecule has 0 spiro atoms. The molecule has 0 aliphatic heterocycles. The van der Waals surface area contributed by atoms with Crippen LogP contribution in [0.15, 0.2) is 49.2 Å². The number of hydrogen-bond donors (Lipinski definition) is 3. The van der Waals surface area contributed by atoms with Gasteiger partial charge in [-0.25, -0.2) is 0 Å². The van der Waals surface area contributed by atoms with E-state index in [2.05, 4.69) is 10.6 Å². The minimum Gasteiger partial charge on any atom is -0.505 e. The number of aromatic hydroxyl groups is 1. The van der Waals surface area contributed by atoms with Gasteiger partial charge in [-0.3, -0.25) is 13.8 Å². The number of phenolic OH excluding ortho intramolecular Hbond substituents is 1. The summed E-state index contributed by atoms with van der Waals surface area (Å²) < 4.78 is 17.3. The number of hydrogen-bond acceptors (Lipinski definition) is 7. The van der Waals surface area contributed by atoms with Crippen molar-refractivity contribution < 1.29 is 13.7 Å². The number of anilines is 3. The smallest absolute Gasteiger partial charge is 0.253 e. The van der Waals surface area contributed by atoms with Crippen LogP contribution in [0.25, 0.3) is 0 Å². The van der Waals surface area contributed by atoms with Crippen molar-refractivity contribution in [2.75, 3.05) is 16.9 Å². The van der Waals surface area contributed by atoms with Gasteiger partial charge in [0, 0.05) is 6.26 Å². The lowest BCUT2D eigenvalue weighted by Gasteiger charge is -2.20. The van der Waals surface area contributed by atoms with E-state index in [1.54, 1.807) is 12.1 Å². The van der Waals surface area contributed by atoms with E-state index >= 15 is 0 Å². The molecule has 142 valence electrons. The summed E-state index contributed by atoms with van der Waals surface area (Å²) in [6.07, 6.45) is 2.08. The fourth-order valence-electron chi connectivity index (χ4n) is 2.83. The molecule has 1 unspecified atom stereocenters. The second-order valence-corrected chi connectivity index (χ2v) is 7.54. The van der Waals surface area contributed by atoms with Crippen LogP contribution in [0.2, 0.25) is 0 Å². The summed E-state index contributed by atoms with van der Waals surface area (Å²) >= 11 is 0. The highest BCUT2D eigenvalue weighted by molar-refractivity contribution is 7.84. The third-order valence-corrected chi connectivity index (χ3v) is 5.26. The van der Waals surface area contributed by atoms with Crippen LogP contribution in [0.4, 0.5) is 17.1 Å². The Morgan fingerprint density at radius 1 is 1.15 bits per heavy atom. The molecule has 27 heavy (non-hydrogen) atoms. The van der Waals surface area contributed by atoms with Gasteiger partial charge in [-0.15, -0.1) is 0 Å². The minimum atomic E-state index is -1.39. The number of benzene rings is 1. The van der Waals surface area contributed by atoms with Crippen LogP contribution in [0.1, 0.15) is 30.9 Å². The highest BCUT2D eigenvalue weighted by Crippen LogP contribution is 2.34. The van der Waals surface area contributed by atoms with Gasteiger partial charge in [0.15, 0.2) is 5.75 Å². The van der Waals surface area contributed by atoms with Gasteiger partial charge in [-0.05, 0) is 37.6 Å². The van der Waals surface area contributed by atoms with Gasteiger partial charge in [-0.1, -0.05) is 13.0 Å². The van der Waals surface area contributed by atoms with Crippen LogP contribution in [-0.2, 0) is 10.8 Å². The van der Waals surface area contributed by atoms with Crippen LogP contribution in [0.5, 0.6) is 5.75 Å². The number of aryl methyl sites for hydroxylation is 1. The number of nitrogens with one attached hydrogen (secondary N) is 2. The highest BCUT2D eigenvalue weighted by Gasteiger charge is 2.25. The molecular weight excluding hydrogens is 368 g/mol. The van der Waals surface area contributed by atoms with Crippen LogP contribution in [0.3, 0.4) is 0 Å². The summed E-state index contributed by atoms with van der Waals surface area (Å²) in [4.78, 5) is 24.3. The molecule has 1 heterocycles. The maximum Gasteiger partial charge on any atom is 0.253 e. The maximum atomic E-state index is 12.1. The molecule has 0 aliphatic carbocycles. The van der Waals surface area contributed by atoms with Gasteiger partial charge in [0.25, 0.3) is 10.9 Å². The molecule has 1 aromatic heterocycles. The van der Waals surface area contributed by atoms with Gasteiger partial charge in [0.2, 0.25) is 0 Å². The first-order valence-electron chi connectivity index (χ1n) is 8.42. The van der Waals surface area contributed by atoms with E-state index in [0.29, 0.717) is 12.2 Å². The van der Waals surface area contributed by atoms with Crippen molar-refractivity contribution in [1.82, 2.24) is 0 Å². The van der Waals surface area contributed by atoms with Crippen molar-refractivity contribution >= 4 is 27.9 Å². The number of para-hydroxylation sites is 1. The molecule has 0 fully saturated rings. The van der Waals surface area contributed by atoms with Crippen LogP contribution >= 0.6 is 0 Å². The molecule has 0 saturated carbocycles. The standard InChI is InChI=1S/C19H20N2O5S/c1-4-11(13-9-8-10(2)26-13)20-15-16(19(24)18(15)23)21-12-6-5-7-14(17(12)22)27(3)25/h5-9,11,20-22H,4H2,1-3H3/t11-,27?/m1/s1. The summed E-state index contributed by atoms with van der Waals surface area (Å²) in [5, 5.41) is 16.1. The molecule has 2 atom stereocenters. The van der Waals surface area contributed by atoms with Crippen molar-refractivity contribution in [3.8, 4) is 5.75 Å². The molecule has 0 amide bonds. The lowest BCUT2D eigenvalue weighted by molar-refractivity contribution is 0.452. The Morgan fingerprint density at radius 3 is 2.44 bits per heavy atom. The normalized spacial score (nSPS) is 13.4. The minimum absolute atomic E-state index is 0.0658. The second-order valence-electron chi connectivity index (χ2n) is 6.19. The Morgan fingerprint density at radius 2 is 1.85 bits per heavy atom. The zero-order valence-electron chi connectivity index (χ0n) is 15.2.